The van der Waals surface area contributed by atoms with Gasteiger partial charge in [0.1, 0.15) is 0 Å². The summed E-state index contributed by atoms with van der Waals surface area (Å²) >= 11 is 0. The molecular weight excluding hydrogens is 611 g/mol. The van der Waals surface area contributed by atoms with Crippen molar-refractivity contribution >= 4 is 7.85 Å². The van der Waals surface area contributed by atoms with E-state index in [2.05, 4.69) is 0 Å². The fourth-order valence-corrected chi connectivity index (χ4v) is 15.3. The third kappa shape index (κ3) is 11.6. The quantitative estimate of drug-likeness (QED) is 0.242. The maximum Gasteiger partial charge on any atom is 0.0699 e. The molecule has 7 rings (SSSR count). The van der Waals surface area contributed by atoms with Crippen molar-refractivity contribution in [1.29, 1.82) is 0 Å². The van der Waals surface area contributed by atoms with E-state index in [1.807, 2.05) is 0 Å². The van der Waals surface area contributed by atoms with E-state index in [-0.39, 0.29) is 0 Å². The van der Waals surface area contributed by atoms with Crippen LogP contribution in [0.3, 0.4) is 0 Å². The summed E-state index contributed by atoms with van der Waals surface area (Å²) in [4.78, 5) is 0. The van der Waals surface area contributed by atoms with Crippen molar-refractivity contribution < 1.29 is 0 Å². The van der Waals surface area contributed by atoms with Gasteiger partial charge in [0.2, 0.25) is 0 Å². The van der Waals surface area contributed by atoms with E-state index in [1.165, 1.54) is 89.9 Å². The van der Waals surface area contributed by atoms with E-state index >= 15 is 0 Å². The van der Waals surface area contributed by atoms with Crippen LogP contribution >= 0.6 is 0 Å². The lowest BCUT2D eigenvalue weighted by Gasteiger charge is -2.43. The van der Waals surface area contributed by atoms with Crippen LogP contribution in [0.5, 0.6) is 0 Å². The van der Waals surface area contributed by atoms with E-state index in [0.717, 1.165) is 71.0 Å². The molecule has 0 bridgehead atoms. The van der Waals surface area contributed by atoms with Crippen LogP contribution in [0.4, 0.5) is 0 Å². The molecule has 0 amide bonds. The first-order valence-electron chi connectivity index (χ1n) is 24.9. The highest BCUT2D eigenvalue weighted by molar-refractivity contribution is 6.11. The molecular formula is C50H87B. The smallest absolute Gasteiger partial charge is 0.0699 e. The van der Waals surface area contributed by atoms with Gasteiger partial charge in [0.15, 0.2) is 0 Å². The van der Waals surface area contributed by atoms with Crippen molar-refractivity contribution in [3.8, 4) is 0 Å². The number of rotatable bonds is 6. The molecule has 0 saturated heterocycles. The van der Waals surface area contributed by atoms with Crippen LogP contribution in [0, 0.1) is 71.0 Å². The summed E-state index contributed by atoms with van der Waals surface area (Å²) in [5.74, 6) is 13.1. The van der Waals surface area contributed by atoms with E-state index in [9.17, 15) is 0 Å². The average Bonchev–Trinajstić information content (AvgIpc) is 3.10. The van der Waals surface area contributed by atoms with Gasteiger partial charge in [-0.25, -0.2) is 0 Å². The topological polar surface area (TPSA) is 0 Å². The molecule has 1 heteroatoms. The van der Waals surface area contributed by atoms with Crippen molar-refractivity contribution in [3.05, 3.63) is 0 Å². The van der Waals surface area contributed by atoms with Gasteiger partial charge in [0.05, 0.1) is 7.85 Å². The monoisotopic (exact) mass is 699 g/mol. The first kappa shape index (κ1) is 39.3. The van der Waals surface area contributed by atoms with Crippen LogP contribution in [0.1, 0.15) is 238 Å². The SMILES string of the molecule is [B]C1CCCC(C2CCC(C3CCCCCCC3)CC2)CC(C2CCC(C3CCCC(C4CCC(C5CCCCCCC5)CC4)CCC3)CC2)C1. The molecule has 0 spiro atoms. The zero-order chi connectivity index (χ0) is 34.7. The summed E-state index contributed by atoms with van der Waals surface area (Å²) in [5.41, 5.74) is 0. The number of hydrogen-bond acceptors (Lipinski definition) is 0. The standard InChI is InChI=1S/C50H87B/c51-50-23-13-22-48(46-32-28-43(29-33-46)39-16-9-5-2-6-10-17-39)36-49(37-50)47-34-30-45(31-35-47)41-20-11-18-40(19-12-21-41)44-26-24-42(25-27-44)38-14-7-3-1-4-8-15-38/h38-50H,1-37H2. The molecule has 7 aliphatic rings. The Morgan fingerprint density at radius 1 is 0.176 bits per heavy atom. The minimum Gasteiger partial charge on any atom is -0.0771 e. The maximum atomic E-state index is 6.84. The van der Waals surface area contributed by atoms with Gasteiger partial charge in [-0.1, -0.05) is 160 Å². The van der Waals surface area contributed by atoms with Gasteiger partial charge in [-0.05, 0) is 154 Å². The van der Waals surface area contributed by atoms with Crippen LogP contribution in [0.2, 0.25) is 5.82 Å². The Labute approximate surface area is 321 Å². The second kappa shape index (κ2) is 20.8. The van der Waals surface area contributed by atoms with Gasteiger partial charge in [-0.3, -0.25) is 0 Å². The summed E-state index contributed by atoms with van der Waals surface area (Å²) in [6.07, 6.45) is 56.9. The van der Waals surface area contributed by atoms with Gasteiger partial charge in [-0.15, -0.1) is 0 Å². The molecule has 7 fully saturated rings. The highest BCUT2D eigenvalue weighted by Gasteiger charge is 2.38. The Kier molecular flexibility index (Phi) is 16.1. The van der Waals surface area contributed by atoms with E-state index in [1.54, 1.807) is 148 Å². The van der Waals surface area contributed by atoms with Gasteiger partial charge in [0, 0.05) is 0 Å². The van der Waals surface area contributed by atoms with Crippen LogP contribution in [-0.4, -0.2) is 7.85 Å². The Hall–Kier alpha value is 0.0649. The van der Waals surface area contributed by atoms with E-state index in [0.29, 0.717) is 5.82 Å². The fourth-order valence-electron chi connectivity index (χ4n) is 15.3. The molecule has 0 heterocycles. The van der Waals surface area contributed by atoms with Gasteiger partial charge in [0.25, 0.3) is 0 Å². The second-order valence-corrected chi connectivity index (χ2v) is 21.3. The summed E-state index contributed by atoms with van der Waals surface area (Å²) < 4.78 is 0. The summed E-state index contributed by atoms with van der Waals surface area (Å²) in [6, 6.07) is 0. The largest absolute Gasteiger partial charge is 0.0771 e. The summed E-state index contributed by atoms with van der Waals surface area (Å²) in [7, 11) is 6.84. The molecule has 7 saturated carbocycles. The first-order chi connectivity index (χ1) is 25.2. The first-order valence-corrected chi connectivity index (χ1v) is 24.9. The van der Waals surface area contributed by atoms with Crippen molar-refractivity contribution in [2.45, 2.75) is 243 Å². The average molecular weight is 699 g/mol. The van der Waals surface area contributed by atoms with Crippen molar-refractivity contribution in [1.82, 2.24) is 0 Å². The highest BCUT2D eigenvalue weighted by atomic mass is 14.4. The molecule has 0 nitrogen and oxygen atoms in total. The lowest BCUT2D eigenvalue weighted by Crippen LogP contribution is -2.32. The summed E-state index contributed by atoms with van der Waals surface area (Å²) in [6.45, 7) is 0. The normalized spacial score (nSPS) is 42.9. The minimum absolute atomic E-state index is 0.485. The molecule has 3 atom stereocenters. The maximum absolute atomic E-state index is 6.84. The summed E-state index contributed by atoms with van der Waals surface area (Å²) in [5, 5.41) is 0. The van der Waals surface area contributed by atoms with Crippen LogP contribution < -0.4 is 0 Å². The van der Waals surface area contributed by atoms with Gasteiger partial charge < -0.3 is 0 Å². The number of hydrogen-bond donors (Lipinski definition) is 0. The second-order valence-electron chi connectivity index (χ2n) is 21.3. The molecule has 0 aromatic rings. The third-order valence-corrected chi connectivity index (χ3v) is 18.4. The van der Waals surface area contributed by atoms with Crippen LogP contribution in [-0.2, 0) is 0 Å². The molecule has 2 radical (unpaired) electrons. The molecule has 0 aromatic carbocycles. The Morgan fingerprint density at radius 3 is 0.784 bits per heavy atom. The minimum atomic E-state index is 0.485. The lowest BCUT2D eigenvalue weighted by molar-refractivity contribution is 0.0847. The fraction of sp³-hybridized carbons (Fsp3) is 1.00. The Morgan fingerprint density at radius 2 is 0.412 bits per heavy atom. The molecule has 0 N–H and O–H groups in total. The van der Waals surface area contributed by atoms with Crippen molar-refractivity contribution in [2.75, 3.05) is 0 Å². The van der Waals surface area contributed by atoms with Gasteiger partial charge in [-0.2, -0.15) is 0 Å². The predicted octanol–water partition coefficient (Wildman–Crippen LogP) is 15.9. The Bertz CT molecular complexity index is 907. The molecule has 3 unspecified atom stereocenters. The van der Waals surface area contributed by atoms with Crippen molar-refractivity contribution in [2.24, 2.45) is 71.0 Å². The molecule has 51 heavy (non-hydrogen) atoms. The van der Waals surface area contributed by atoms with E-state index < -0.39 is 0 Å². The third-order valence-electron chi connectivity index (χ3n) is 18.4. The van der Waals surface area contributed by atoms with Crippen LogP contribution in [0.25, 0.3) is 0 Å². The van der Waals surface area contributed by atoms with Gasteiger partial charge >= 0.3 is 0 Å². The zero-order valence-corrected chi connectivity index (χ0v) is 34.2. The molecule has 7 aliphatic carbocycles. The zero-order valence-electron chi connectivity index (χ0n) is 34.2. The lowest BCUT2D eigenvalue weighted by atomic mass is 9.60. The highest BCUT2D eigenvalue weighted by Crippen LogP contribution is 2.50. The Balaban J connectivity index is 0.831. The predicted molar refractivity (Wildman–Crippen MR) is 222 cm³/mol. The van der Waals surface area contributed by atoms with Crippen molar-refractivity contribution in [3.63, 3.8) is 0 Å². The molecule has 290 valence electrons. The molecule has 0 aliphatic heterocycles. The van der Waals surface area contributed by atoms with Crippen LogP contribution in [0.15, 0.2) is 0 Å². The van der Waals surface area contributed by atoms with E-state index in [4.69, 9.17) is 7.85 Å². The molecule has 0 aromatic heterocycles.